The minimum absolute atomic E-state index is 0.0893. The van der Waals surface area contributed by atoms with Crippen LogP contribution in [0.1, 0.15) is 110 Å². The molecule has 70 heavy (non-hydrogen) atoms. The zero-order valence-corrected chi connectivity index (χ0v) is 39.2. The summed E-state index contributed by atoms with van der Waals surface area (Å²) >= 11 is 0. The van der Waals surface area contributed by atoms with Gasteiger partial charge in [-0.2, -0.15) is 5.10 Å². The fourth-order valence-corrected chi connectivity index (χ4v) is 11.3. The van der Waals surface area contributed by atoms with E-state index >= 15 is 0 Å². The Balaban J connectivity index is 0.682. The largest absolute Gasteiger partial charge is 0.382 e. The number of benzene rings is 3. The Morgan fingerprint density at radius 2 is 1.60 bits per heavy atom. The van der Waals surface area contributed by atoms with E-state index in [1.807, 2.05) is 46.1 Å². The number of hydrogen-bond donors (Lipinski definition) is 4. The molecule has 5 aliphatic rings. The lowest BCUT2D eigenvalue weighted by molar-refractivity contribution is -0.134. The van der Waals surface area contributed by atoms with Gasteiger partial charge in [-0.05, 0) is 130 Å². The Bertz CT molecular complexity index is 2780. The highest BCUT2D eigenvalue weighted by Crippen LogP contribution is 2.51. The molecule has 10 rings (SSSR count). The minimum Gasteiger partial charge on any atom is -0.382 e. The molecule has 364 valence electrons. The van der Waals surface area contributed by atoms with Gasteiger partial charge in [-0.15, -0.1) is 0 Å². The number of carbonyl (C=O) groups is 5. The number of nitrogens with two attached hydrogens (primary N) is 1. The molecule has 1 saturated carbocycles. The predicted octanol–water partition coefficient (Wildman–Crippen LogP) is 5.80. The first kappa shape index (κ1) is 45.6. The second-order valence-corrected chi connectivity index (χ2v) is 19.9. The molecule has 0 bridgehead atoms. The average molecular weight is 951 g/mol. The summed E-state index contributed by atoms with van der Waals surface area (Å²) in [5.41, 5.74) is 9.75. The van der Waals surface area contributed by atoms with Crippen molar-refractivity contribution in [3.63, 3.8) is 0 Å². The molecule has 4 aliphatic heterocycles. The van der Waals surface area contributed by atoms with Gasteiger partial charge in [-0.25, -0.2) is 9.37 Å². The molecule has 5 N–H and O–H groups in total. The predicted molar refractivity (Wildman–Crippen MR) is 261 cm³/mol. The van der Waals surface area contributed by atoms with Crippen molar-refractivity contribution in [3.05, 3.63) is 126 Å². The van der Waals surface area contributed by atoms with Gasteiger partial charge in [0, 0.05) is 73.8 Å². The average Bonchev–Trinajstić information content (AvgIpc) is 3.87. The van der Waals surface area contributed by atoms with E-state index in [0.717, 1.165) is 58.4 Å². The number of carbonyl (C=O) groups excluding carboxylic acids is 5. The van der Waals surface area contributed by atoms with E-state index in [4.69, 9.17) is 12.2 Å². The molecule has 1 unspecified atom stereocenters. The first-order valence-corrected chi connectivity index (χ1v) is 24.7. The van der Waals surface area contributed by atoms with Crippen LogP contribution in [0.15, 0.2) is 97.4 Å². The van der Waals surface area contributed by atoms with E-state index in [-0.39, 0.29) is 42.7 Å². The smallest absolute Gasteiger partial charge is 0.253 e. The molecule has 16 nitrogen and oxygen atoms in total. The maximum atomic E-state index is 14.0. The Hall–Kier alpha value is -6.85. The lowest BCUT2D eigenvalue weighted by atomic mass is 9.59. The van der Waals surface area contributed by atoms with Gasteiger partial charge in [-0.3, -0.25) is 39.0 Å². The number of nitrogen functional groups attached to an aromatic ring is 1. The number of halogens is 1. The molecule has 4 saturated heterocycles. The fraction of sp³-hybridized carbons (Fsp3) is 0.434. The number of rotatable bonds is 12. The summed E-state index contributed by atoms with van der Waals surface area (Å²) in [4.78, 5) is 80.5. The number of aromatic nitrogens is 4. The number of piperidine rings is 4. The van der Waals surface area contributed by atoms with Gasteiger partial charge >= 0.3 is 0 Å². The highest BCUT2D eigenvalue weighted by molar-refractivity contribution is 6.05. The Labute approximate surface area is 408 Å². The SMILES string of the molecule is [2H]c1nc(-c2cnn(C3CCN(C4CC5(CCN(CC6CCN(C(=O)c7cccc(C(=O)NC8CCC(=O)NC8=O)c7)CC6)CC5)C4)CC3)c2)c([C@H](C(=O)Nc2ccc(F)cc2)c2ccccc2)nc1N. The molecular weight excluding hydrogens is 890 g/mol. The molecule has 6 heterocycles. The standard InChI is InChI=1S/C53H60FN11O5/c54-39-9-11-40(12-10-39)58-51(69)46(35-5-2-1-3-6-35)48-47(56-31-44(55)60-48)38-30-57-65(33-38)41-17-23-63(24-18-41)42-28-53(29-42)19-25-62(26-20-53)32-34-15-21-64(22-16-34)52(70)37-8-4-7-36(27-37)49(67)59-43-13-14-45(66)61-50(43)68/h1-12,27,30-31,33-34,41-43,46H,13-26,28-29,32H2,(H2,55,60)(H,58,69)(H,59,67)(H,61,66,68)/t43?,46-/m1/s1/i31D. The van der Waals surface area contributed by atoms with Crippen LogP contribution in [0.2, 0.25) is 0 Å². The van der Waals surface area contributed by atoms with Crippen molar-refractivity contribution >= 4 is 41.0 Å². The molecule has 2 atom stereocenters. The molecule has 0 radical (unpaired) electrons. The van der Waals surface area contributed by atoms with E-state index < -0.39 is 35.5 Å². The summed E-state index contributed by atoms with van der Waals surface area (Å²) in [5.74, 6) is -2.70. The summed E-state index contributed by atoms with van der Waals surface area (Å²) in [5, 5.41) is 12.6. The molecule has 3 aromatic carbocycles. The molecule has 5 amide bonds. The molecule has 1 aliphatic carbocycles. The zero-order valence-electron chi connectivity index (χ0n) is 40.2. The number of nitrogens with zero attached hydrogens (tertiary/aromatic N) is 7. The summed E-state index contributed by atoms with van der Waals surface area (Å²) < 4.78 is 24.1. The second kappa shape index (κ2) is 20.2. The maximum absolute atomic E-state index is 14.0. The van der Waals surface area contributed by atoms with Gasteiger partial charge in [0.1, 0.15) is 23.6 Å². The molecule has 17 heteroatoms. The van der Waals surface area contributed by atoms with Gasteiger partial charge < -0.3 is 31.1 Å². The van der Waals surface area contributed by atoms with Crippen molar-refractivity contribution in [2.24, 2.45) is 11.3 Å². The van der Waals surface area contributed by atoms with Crippen LogP contribution in [0, 0.1) is 17.2 Å². The van der Waals surface area contributed by atoms with E-state index in [9.17, 15) is 28.4 Å². The summed E-state index contributed by atoms with van der Waals surface area (Å²) in [6.07, 6.45) is 12.6. The minimum atomic E-state index is -0.933. The second-order valence-electron chi connectivity index (χ2n) is 19.9. The van der Waals surface area contributed by atoms with Crippen LogP contribution in [-0.4, -0.2) is 122 Å². The van der Waals surface area contributed by atoms with Crippen LogP contribution < -0.4 is 21.7 Å². The lowest BCUT2D eigenvalue weighted by Gasteiger charge is -2.56. The number of nitrogens with one attached hydrogen (secondary N) is 3. The monoisotopic (exact) mass is 950 g/mol. The van der Waals surface area contributed by atoms with Crippen molar-refractivity contribution in [1.29, 1.82) is 0 Å². The number of likely N-dealkylation sites (tertiary alicyclic amines) is 3. The van der Waals surface area contributed by atoms with E-state index in [2.05, 4.69) is 35.7 Å². The Morgan fingerprint density at radius 3 is 2.33 bits per heavy atom. The van der Waals surface area contributed by atoms with Gasteiger partial charge in [0.15, 0.2) is 0 Å². The van der Waals surface area contributed by atoms with Crippen LogP contribution >= 0.6 is 0 Å². The number of hydrogen-bond acceptors (Lipinski definition) is 11. The summed E-state index contributed by atoms with van der Waals surface area (Å²) in [7, 11) is 0. The number of imide groups is 1. The maximum Gasteiger partial charge on any atom is 0.253 e. The first-order valence-electron chi connectivity index (χ1n) is 25.2. The van der Waals surface area contributed by atoms with E-state index in [0.29, 0.717) is 69.8 Å². The third-order valence-electron chi connectivity index (χ3n) is 15.4. The van der Waals surface area contributed by atoms with Crippen molar-refractivity contribution in [2.45, 2.75) is 88.3 Å². The van der Waals surface area contributed by atoms with E-state index in [1.54, 1.807) is 30.5 Å². The fourth-order valence-electron chi connectivity index (χ4n) is 11.3. The van der Waals surface area contributed by atoms with Crippen LogP contribution in [0.4, 0.5) is 15.9 Å². The molecule has 2 aromatic heterocycles. The van der Waals surface area contributed by atoms with E-state index in [1.165, 1.54) is 49.9 Å². The Kier molecular flexibility index (Phi) is 13.2. The highest BCUT2D eigenvalue weighted by atomic mass is 19.1. The highest BCUT2D eigenvalue weighted by Gasteiger charge is 2.48. The normalized spacial score (nSPS) is 21.1. The van der Waals surface area contributed by atoms with Gasteiger partial charge in [-0.1, -0.05) is 36.4 Å². The van der Waals surface area contributed by atoms with Gasteiger partial charge in [0.05, 0.1) is 31.2 Å². The van der Waals surface area contributed by atoms with Crippen LogP contribution in [0.25, 0.3) is 11.3 Å². The van der Waals surface area contributed by atoms with Crippen LogP contribution in [-0.2, 0) is 14.4 Å². The van der Waals surface area contributed by atoms with Crippen molar-refractivity contribution in [1.82, 2.24) is 45.1 Å². The Morgan fingerprint density at radius 1 is 0.871 bits per heavy atom. The van der Waals surface area contributed by atoms with Crippen molar-refractivity contribution < 1.29 is 29.7 Å². The third-order valence-corrected chi connectivity index (χ3v) is 15.4. The van der Waals surface area contributed by atoms with Crippen LogP contribution in [0.5, 0.6) is 0 Å². The number of anilines is 2. The topological polar surface area (TPSA) is 201 Å². The van der Waals surface area contributed by atoms with Gasteiger partial charge in [0.25, 0.3) is 11.8 Å². The third kappa shape index (κ3) is 10.4. The zero-order chi connectivity index (χ0) is 49.2. The molecular formula is C53H60FN11O5. The van der Waals surface area contributed by atoms with Crippen molar-refractivity contribution in [2.75, 3.05) is 56.9 Å². The summed E-state index contributed by atoms with van der Waals surface area (Å²) in [6.45, 7) is 6.60. The number of amides is 5. The quantitative estimate of drug-likeness (QED) is 0.110. The van der Waals surface area contributed by atoms with Crippen LogP contribution in [0.3, 0.4) is 0 Å². The first-order chi connectivity index (χ1) is 34.4. The van der Waals surface area contributed by atoms with Gasteiger partial charge in [0.2, 0.25) is 17.7 Å². The molecule has 5 fully saturated rings. The lowest BCUT2D eigenvalue weighted by Crippen LogP contribution is -2.56. The van der Waals surface area contributed by atoms with Crippen molar-refractivity contribution in [3.8, 4) is 11.3 Å². The molecule has 5 aromatic rings. The summed E-state index contributed by atoms with van der Waals surface area (Å²) in [6, 6.07) is 21.4. The molecule has 1 spiro atoms.